The number of benzene rings is 1. The van der Waals surface area contributed by atoms with Gasteiger partial charge in [-0.15, -0.1) is 0 Å². The first-order valence-electron chi connectivity index (χ1n) is 8.39. The molecule has 2 atom stereocenters. The third-order valence-electron chi connectivity index (χ3n) is 4.78. The number of ether oxygens (including phenoxy) is 1. The van der Waals surface area contributed by atoms with Gasteiger partial charge in [0.1, 0.15) is 12.4 Å². The standard InChI is InChI=1S/C18H19ClN4O2/c19-14-3-1-2-13(6-14)18(24)23-5-4-22-11-16(7-15(22)10-23)25-17-8-20-12-21-9-17/h1-3,6,8-9,12,15-16H,4-5,7,10-11H2/t15-,16+/m0/s1. The lowest BCUT2D eigenvalue weighted by Gasteiger charge is -2.37. The summed E-state index contributed by atoms with van der Waals surface area (Å²) in [5.74, 6) is 0.738. The molecule has 1 aromatic heterocycles. The zero-order valence-corrected chi connectivity index (χ0v) is 14.5. The number of rotatable bonds is 3. The van der Waals surface area contributed by atoms with Crippen molar-refractivity contribution in [2.24, 2.45) is 0 Å². The number of hydrogen-bond donors (Lipinski definition) is 0. The molecular weight excluding hydrogens is 340 g/mol. The fourth-order valence-electron chi connectivity index (χ4n) is 3.61. The summed E-state index contributed by atoms with van der Waals surface area (Å²) in [6.07, 6.45) is 5.86. The Balaban J connectivity index is 1.39. The highest BCUT2D eigenvalue weighted by molar-refractivity contribution is 6.30. The van der Waals surface area contributed by atoms with Gasteiger partial charge in [-0.1, -0.05) is 17.7 Å². The Hall–Kier alpha value is -2.18. The van der Waals surface area contributed by atoms with E-state index in [1.807, 2.05) is 17.0 Å². The Labute approximate surface area is 151 Å². The zero-order valence-electron chi connectivity index (χ0n) is 13.7. The van der Waals surface area contributed by atoms with E-state index < -0.39 is 0 Å². The topological polar surface area (TPSA) is 58.6 Å². The highest BCUT2D eigenvalue weighted by atomic mass is 35.5. The van der Waals surface area contributed by atoms with Crippen molar-refractivity contribution in [3.63, 3.8) is 0 Å². The molecule has 130 valence electrons. The molecule has 2 aromatic rings. The highest BCUT2D eigenvalue weighted by Crippen LogP contribution is 2.26. The van der Waals surface area contributed by atoms with Gasteiger partial charge in [-0.05, 0) is 18.2 Å². The van der Waals surface area contributed by atoms with Crippen molar-refractivity contribution >= 4 is 17.5 Å². The smallest absolute Gasteiger partial charge is 0.254 e. The van der Waals surface area contributed by atoms with Crippen molar-refractivity contribution < 1.29 is 9.53 Å². The van der Waals surface area contributed by atoms with Crippen LogP contribution in [-0.4, -0.2) is 64.0 Å². The minimum absolute atomic E-state index is 0.0444. The van der Waals surface area contributed by atoms with E-state index in [0.717, 1.165) is 32.6 Å². The maximum atomic E-state index is 12.7. The van der Waals surface area contributed by atoms with Gasteiger partial charge in [0, 0.05) is 49.2 Å². The second-order valence-electron chi connectivity index (χ2n) is 6.46. The number of piperazine rings is 1. The molecule has 1 amide bonds. The Morgan fingerprint density at radius 2 is 2.04 bits per heavy atom. The molecule has 25 heavy (non-hydrogen) atoms. The molecule has 0 radical (unpaired) electrons. The average molecular weight is 359 g/mol. The SMILES string of the molecule is O=C(c1cccc(Cl)c1)N1CCN2C[C@H](Oc3cncnc3)C[C@H]2C1. The first-order valence-corrected chi connectivity index (χ1v) is 8.77. The third-order valence-corrected chi connectivity index (χ3v) is 5.01. The zero-order chi connectivity index (χ0) is 17.2. The Bertz CT molecular complexity index is 758. The van der Waals surface area contributed by atoms with E-state index in [9.17, 15) is 4.79 Å². The molecule has 0 bridgehead atoms. The lowest BCUT2D eigenvalue weighted by molar-refractivity contribution is 0.0570. The molecule has 0 N–H and O–H groups in total. The number of amides is 1. The number of hydrogen-bond acceptors (Lipinski definition) is 5. The minimum Gasteiger partial charge on any atom is -0.486 e. The summed E-state index contributed by atoms with van der Waals surface area (Å²) in [6, 6.07) is 7.46. The molecule has 1 aromatic carbocycles. The van der Waals surface area contributed by atoms with Gasteiger partial charge in [0.2, 0.25) is 0 Å². The molecule has 0 saturated carbocycles. The molecule has 0 aliphatic carbocycles. The van der Waals surface area contributed by atoms with Crippen LogP contribution < -0.4 is 4.74 Å². The molecular formula is C18H19ClN4O2. The van der Waals surface area contributed by atoms with Gasteiger partial charge in [0.25, 0.3) is 5.91 Å². The summed E-state index contributed by atoms with van der Waals surface area (Å²) in [4.78, 5) is 25.0. The maximum Gasteiger partial charge on any atom is 0.254 e. The Kier molecular flexibility index (Phi) is 4.55. The van der Waals surface area contributed by atoms with Crippen LogP contribution >= 0.6 is 11.6 Å². The lowest BCUT2D eigenvalue weighted by atomic mass is 10.1. The highest BCUT2D eigenvalue weighted by Gasteiger charge is 2.38. The van der Waals surface area contributed by atoms with Gasteiger partial charge in [-0.2, -0.15) is 0 Å². The summed E-state index contributed by atoms with van der Waals surface area (Å²) >= 11 is 6.01. The minimum atomic E-state index is 0.0444. The number of carbonyl (C=O) groups is 1. The lowest BCUT2D eigenvalue weighted by Crippen LogP contribution is -2.52. The first-order chi connectivity index (χ1) is 12.2. The van der Waals surface area contributed by atoms with Gasteiger partial charge >= 0.3 is 0 Å². The number of nitrogens with zero attached hydrogens (tertiary/aromatic N) is 4. The van der Waals surface area contributed by atoms with Gasteiger partial charge in [-0.25, -0.2) is 9.97 Å². The summed E-state index contributed by atoms with van der Waals surface area (Å²) < 4.78 is 5.98. The second-order valence-corrected chi connectivity index (χ2v) is 6.90. The van der Waals surface area contributed by atoms with E-state index in [4.69, 9.17) is 16.3 Å². The third kappa shape index (κ3) is 3.60. The Morgan fingerprint density at radius 3 is 2.84 bits per heavy atom. The molecule has 0 spiro atoms. The average Bonchev–Trinajstić information content (AvgIpc) is 3.03. The predicted octanol–water partition coefficient (Wildman–Crippen LogP) is 2.11. The molecule has 3 heterocycles. The van der Waals surface area contributed by atoms with E-state index in [1.165, 1.54) is 6.33 Å². The van der Waals surface area contributed by atoms with Gasteiger partial charge in [0.05, 0.1) is 12.4 Å². The van der Waals surface area contributed by atoms with E-state index >= 15 is 0 Å². The van der Waals surface area contributed by atoms with E-state index in [1.54, 1.807) is 24.5 Å². The van der Waals surface area contributed by atoms with E-state index in [0.29, 0.717) is 22.4 Å². The van der Waals surface area contributed by atoms with Gasteiger partial charge in [0.15, 0.2) is 5.75 Å². The predicted molar refractivity (Wildman–Crippen MR) is 93.8 cm³/mol. The molecule has 6 nitrogen and oxygen atoms in total. The van der Waals surface area contributed by atoms with Crippen LogP contribution in [0.5, 0.6) is 5.75 Å². The van der Waals surface area contributed by atoms with Crippen LogP contribution in [0.3, 0.4) is 0 Å². The molecule has 2 fully saturated rings. The van der Waals surface area contributed by atoms with Gasteiger partial charge in [-0.3, -0.25) is 9.69 Å². The van der Waals surface area contributed by atoms with Crippen molar-refractivity contribution in [1.29, 1.82) is 0 Å². The molecule has 4 rings (SSSR count). The summed E-state index contributed by atoms with van der Waals surface area (Å²) in [7, 11) is 0. The number of carbonyl (C=O) groups excluding carboxylic acids is 1. The molecule has 2 aliphatic heterocycles. The van der Waals surface area contributed by atoms with Crippen molar-refractivity contribution in [1.82, 2.24) is 19.8 Å². The van der Waals surface area contributed by atoms with Crippen molar-refractivity contribution in [2.45, 2.75) is 18.6 Å². The normalized spacial score (nSPS) is 23.3. The van der Waals surface area contributed by atoms with Crippen LogP contribution in [0, 0.1) is 0 Å². The molecule has 0 unspecified atom stereocenters. The van der Waals surface area contributed by atoms with Crippen molar-refractivity contribution in [3.05, 3.63) is 53.6 Å². The largest absolute Gasteiger partial charge is 0.486 e. The van der Waals surface area contributed by atoms with Crippen LogP contribution in [0.25, 0.3) is 0 Å². The maximum absolute atomic E-state index is 12.7. The van der Waals surface area contributed by atoms with Crippen molar-refractivity contribution in [3.8, 4) is 5.75 Å². The molecule has 2 aliphatic rings. The van der Waals surface area contributed by atoms with Crippen LogP contribution in [0.15, 0.2) is 43.0 Å². The van der Waals surface area contributed by atoms with Crippen LogP contribution in [0.4, 0.5) is 0 Å². The van der Waals surface area contributed by atoms with E-state index in [2.05, 4.69) is 14.9 Å². The Morgan fingerprint density at radius 1 is 1.20 bits per heavy atom. The monoisotopic (exact) mass is 358 g/mol. The van der Waals surface area contributed by atoms with Crippen LogP contribution in [0.2, 0.25) is 5.02 Å². The second kappa shape index (κ2) is 6.98. The van der Waals surface area contributed by atoms with E-state index in [-0.39, 0.29) is 12.0 Å². The van der Waals surface area contributed by atoms with Crippen LogP contribution in [-0.2, 0) is 0 Å². The fourth-order valence-corrected chi connectivity index (χ4v) is 3.80. The summed E-state index contributed by atoms with van der Waals surface area (Å²) in [5.41, 5.74) is 0.646. The van der Waals surface area contributed by atoms with Crippen molar-refractivity contribution in [2.75, 3.05) is 26.2 Å². The molecule has 2 saturated heterocycles. The number of halogens is 1. The number of aromatic nitrogens is 2. The molecule has 7 heteroatoms. The number of fused-ring (bicyclic) bond motifs is 1. The fraction of sp³-hybridized carbons (Fsp3) is 0.389. The van der Waals surface area contributed by atoms with Crippen LogP contribution in [0.1, 0.15) is 16.8 Å². The quantitative estimate of drug-likeness (QED) is 0.841. The first kappa shape index (κ1) is 16.3. The summed E-state index contributed by atoms with van der Waals surface area (Å²) in [5, 5.41) is 0.587. The summed E-state index contributed by atoms with van der Waals surface area (Å²) in [6.45, 7) is 3.18. The van der Waals surface area contributed by atoms with Gasteiger partial charge < -0.3 is 9.64 Å².